The van der Waals surface area contributed by atoms with Crippen LogP contribution in [0, 0.1) is 0 Å². The summed E-state index contributed by atoms with van der Waals surface area (Å²) in [5.41, 5.74) is 2.17. The van der Waals surface area contributed by atoms with E-state index in [4.69, 9.17) is 11.6 Å². The standard InChI is InChI=1S/C14H18ClN3O/c15-12-3-1-2-10-8-17-9-11(13(10)12)14(19)18-6-4-16-5-7-18/h1-3,11,16-17H,4-9H2. The highest BCUT2D eigenvalue weighted by Gasteiger charge is 2.31. The Morgan fingerprint density at radius 1 is 1.26 bits per heavy atom. The highest BCUT2D eigenvalue weighted by atomic mass is 35.5. The van der Waals surface area contributed by atoms with Gasteiger partial charge < -0.3 is 15.5 Å². The normalized spacial score (nSPS) is 23.0. The summed E-state index contributed by atoms with van der Waals surface area (Å²) in [6.45, 7) is 4.80. The Morgan fingerprint density at radius 2 is 2.05 bits per heavy atom. The molecule has 19 heavy (non-hydrogen) atoms. The highest BCUT2D eigenvalue weighted by molar-refractivity contribution is 6.31. The third kappa shape index (κ3) is 2.48. The molecule has 0 saturated carbocycles. The Hall–Kier alpha value is -1.10. The molecule has 1 amide bonds. The fraction of sp³-hybridized carbons (Fsp3) is 0.500. The van der Waals surface area contributed by atoms with E-state index in [0.717, 1.165) is 43.9 Å². The van der Waals surface area contributed by atoms with Crippen LogP contribution in [0.25, 0.3) is 0 Å². The average molecular weight is 280 g/mol. The van der Waals surface area contributed by atoms with Crippen molar-refractivity contribution in [3.8, 4) is 0 Å². The number of nitrogens with zero attached hydrogens (tertiary/aromatic N) is 1. The monoisotopic (exact) mass is 279 g/mol. The number of piperazine rings is 1. The van der Waals surface area contributed by atoms with E-state index in [1.807, 2.05) is 23.1 Å². The summed E-state index contributed by atoms with van der Waals surface area (Å²) >= 11 is 6.31. The fourth-order valence-electron chi connectivity index (χ4n) is 2.90. The average Bonchev–Trinajstić information content (AvgIpc) is 2.47. The van der Waals surface area contributed by atoms with Crippen molar-refractivity contribution in [3.05, 3.63) is 34.3 Å². The van der Waals surface area contributed by atoms with Crippen molar-refractivity contribution in [2.75, 3.05) is 32.7 Å². The first-order valence-corrected chi connectivity index (χ1v) is 7.12. The molecular weight excluding hydrogens is 262 g/mol. The molecule has 0 aromatic heterocycles. The predicted octanol–water partition coefficient (Wildman–Crippen LogP) is 0.959. The number of amides is 1. The minimum atomic E-state index is -0.143. The summed E-state index contributed by atoms with van der Waals surface area (Å²) in [6.07, 6.45) is 0. The minimum absolute atomic E-state index is 0.143. The molecule has 1 aromatic rings. The summed E-state index contributed by atoms with van der Waals surface area (Å²) in [7, 11) is 0. The molecule has 4 nitrogen and oxygen atoms in total. The number of carbonyl (C=O) groups is 1. The van der Waals surface area contributed by atoms with Crippen LogP contribution in [0.5, 0.6) is 0 Å². The van der Waals surface area contributed by atoms with Crippen molar-refractivity contribution in [1.82, 2.24) is 15.5 Å². The van der Waals surface area contributed by atoms with Crippen LogP contribution < -0.4 is 10.6 Å². The first-order valence-electron chi connectivity index (χ1n) is 6.75. The number of carbonyl (C=O) groups excluding carboxylic acids is 1. The molecule has 2 aliphatic rings. The summed E-state index contributed by atoms with van der Waals surface area (Å²) in [5.74, 6) is 0.0543. The van der Waals surface area contributed by atoms with Crippen molar-refractivity contribution >= 4 is 17.5 Å². The zero-order valence-corrected chi connectivity index (χ0v) is 11.5. The van der Waals surface area contributed by atoms with Crippen LogP contribution in [0.1, 0.15) is 17.0 Å². The number of halogens is 1. The number of fused-ring (bicyclic) bond motifs is 1. The number of hydrogen-bond acceptors (Lipinski definition) is 3. The molecular formula is C14H18ClN3O. The topological polar surface area (TPSA) is 44.4 Å². The second-order valence-electron chi connectivity index (χ2n) is 5.07. The smallest absolute Gasteiger partial charge is 0.231 e. The van der Waals surface area contributed by atoms with E-state index in [0.29, 0.717) is 11.6 Å². The molecule has 0 aliphatic carbocycles. The number of nitrogens with one attached hydrogen (secondary N) is 2. The maximum atomic E-state index is 12.7. The van der Waals surface area contributed by atoms with Gasteiger partial charge in [0, 0.05) is 44.3 Å². The Morgan fingerprint density at radius 3 is 2.84 bits per heavy atom. The molecule has 0 spiro atoms. The van der Waals surface area contributed by atoms with Crippen molar-refractivity contribution in [2.24, 2.45) is 0 Å². The first-order chi connectivity index (χ1) is 9.27. The van der Waals surface area contributed by atoms with E-state index < -0.39 is 0 Å². The lowest BCUT2D eigenvalue weighted by Crippen LogP contribution is -2.50. The molecule has 1 atom stereocenters. The summed E-state index contributed by atoms with van der Waals surface area (Å²) in [4.78, 5) is 14.6. The van der Waals surface area contributed by atoms with Gasteiger partial charge in [-0.15, -0.1) is 0 Å². The second-order valence-corrected chi connectivity index (χ2v) is 5.48. The van der Waals surface area contributed by atoms with Crippen molar-refractivity contribution in [1.29, 1.82) is 0 Å². The molecule has 1 unspecified atom stereocenters. The lowest BCUT2D eigenvalue weighted by molar-refractivity contribution is -0.133. The molecule has 0 radical (unpaired) electrons. The first kappa shape index (κ1) is 12.9. The molecule has 102 valence electrons. The zero-order chi connectivity index (χ0) is 13.2. The Balaban J connectivity index is 1.88. The summed E-state index contributed by atoms with van der Waals surface area (Å²) in [5, 5.41) is 7.30. The number of hydrogen-bond donors (Lipinski definition) is 2. The molecule has 2 aliphatic heterocycles. The highest BCUT2D eigenvalue weighted by Crippen LogP contribution is 2.32. The molecule has 2 heterocycles. The summed E-state index contributed by atoms with van der Waals surface area (Å²) in [6, 6.07) is 5.87. The van der Waals surface area contributed by atoms with Crippen LogP contribution in [0.15, 0.2) is 18.2 Å². The van der Waals surface area contributed by atoms with Gasteiger partial charge in [0.2, 0.25) is 5.91 Å². The van der Waals surface area contributed by atoms with Crippen LogP contribution in [-0.4, -0.2) is 43.5 Å². The largest absolute Gasteiger partial charge is 0.340 e. The van der Waals surface area contributed by atoms with Crippen LogP contribution in [-0.2, 0) is 11.3 Å². The maximum Gasteiger partial charge on any atom is 0.231 e. The van der Waals surface area contributed by atoms with Crippen molar-refractivity contribution < 1.29 is 4.79 Å². The summed E-state index contributed by atoms with van der Waals surface area (Å²) < 4.78 is 0. The van der Waals surface area contributed by atoms with E-state index in [-0.39, 0.29) is 11.8 Å². The zero-order valence-electron chi connectivity index (χ0n) is 10.8. The van der Waals surface area contributed by atoms with Gasteiger partial charge in [-0.2, -0.15) is 0 Å². The van der Waals surface area contributed by atoms with E-state index in [1.165, 1.54) is 0 Å². The quantitative estimate of drug-likeness (QED) is 0.805. The lowest BCUT2D eigenvalue weighted by atomic mass is 9.89. The van der Waals surface area contributed by atoms with Crippen LogP contribution in [0.2, 0.25) is 5.02 Å². The molecule has 5 heteroatoms. The van der Waals surface area contributed by atoms with Gasteiger partial charge >= 0.3 is 0 Å². The third-order valence-electron chi connectivity index (χ3n) is 3.88. The van der Waals surface area contributed by atoms with Gasteiger partial charge in [-0.05, 0) is 17.2 Å². The van der Waals surface area contributed by atoms with Crippen LogP contribution >= 0.6 is 11.6 Å². The predicted molar refractivity (Wildman–Crippen MR) is 75.3 cm³/mol. The molecule has 1 fully saturated rings. The van der Waals surface area contributed by atoms with E-state index in [1.54, 1.807) is 0 Å². The van der Waals surface area contributed by atoms with E-state index in [9.17, 15) is 4.79 Å². The van der Waals surface area contributed by atoms with E-state index >= 15 is 0 Å². The van der Waals surface area contributed by atoms with Gasteiger partial charge in [0.1, 0.15) is 0 Å². The van der Waals surface area contributed by atoms with Crippen LogP contribution in [0.3, 0.4) is 0 Å². The van der Waals surface area contributed by atoms with Gasteiger partial charge in [0.15, 0.2) is 0 Å². The molecule has 0 bridgehead atoms. The maximum absolute atomic E-state index is 12.7. The van der Waals surface area contributed by atoms with Gasteiger partial charge in [0.05, 0.1) is 5.92 Å². The Bertz CT molecular complexity index is 486. The van der Waals surface area contributed by atoms with Crippen molar-refractivity contribution in [3.63, 3.8) is 0 Å². The van der Waals surface area contributed by atoms with Gasteiger partial charge in [-0.1, -0.05) is 23.7 Å². The van der Waals surface area contributed by atoms with E-state index in [2.05, 4.69) is 10.6 Å². The second kappa shape index (κ2) is 5.49. The fourth-order valence-corrected chi connectivity index (χ4v) is 3.22. The minimum Gasteiger partial charge on any atom is -0.340 e. The van der Waals surface area contributed by atoms with Crippen LogP contribution in [0.4, 0.5) is 0 Å². The van der Waals surface area contributed by atoms with Gasteiger partial charge in [-0.3, -0.25) is 4.79 Å². The molecule has 2 N–H and O–H groups in total. The third-order valence-corrected chi connectivity index (χ3v) is 4.21. The number of benzene rings is 1. The molecule has 1 saturated heterocycles. The molecule has 1 aromatic carbocycles. The Labute approximate surface area is 118 Å². The molecule has 3 rings (SSSR count). The lowest BCUT2D eigenvalue weighted by Gasteiger charge is -2.34. The SMILES string of the molecule is O=C(C1CNCc2cccc(Cl)c21)N1CCNCC1. The van der Waals surface area contributed by atoms with Crippen molar-refractivity contribution in [2.45, 2.75) is 12.5 Å². The Kier molecular flexibility index (Phi) is 3.73. The van der Waals surface area contributed by atoms with Gasteiger partial charge in [0.25, 0.3) is 0 Å². The number of rotatable bonds is 1. The van der Waals surface area contributed by atoms with Gasteiger partial charge in [-0.25, -0.2) is 0 Å².